The van der Waals surface area contributed by atoms with Crippen molar-refractivity contribution in [3.63, 3.8) is 0 Å². The van der Waals surface area contributed by atoms with Gasteiger partial charge >= 0.3 is 0 Å². The third-order valence-electron chi connectivity index (χ3n) is 6.74. The molecule has 0 aliphatic carbocycles. The third kappa shape index (κ3) is 8.74. The van der Waals surface area contributed by atoms with Crippen LogP contribution in [0.15, 0.2) is 72.8 Å². The van der Waals surface area contributed by atoms with Crippen molar-refractivity contribution in [1.29, 1.82) is 0 Å². The van der Waals surface area contributed by atoms with Gasteiger partial charge in [-0.05, 0) is 54.2 Å². The molecule has 0 heterocycles. The highest BCUT2D eigenvalue weighted by Crippen LogP contribution is 2.28. The van der Waals surface area contributed by atoms with Crippen molar-refractivity contribution in [2.45, 2.75) is 71.5 Å². The number of hydrogen-bond acceptors (Lipinski definition) is 3. The summed E-state index contributed by atoms with van der Waals surface area (Å²) in [4.78, 5) is 28.9. The van der Waals surface area contributed by atoms with E-state index in [0.29, 0.717) is 27.8 Å². The van der Waals surface area contributed by atoms with E-state index in [1.54, 1.807) is 18.2 Å². The van der Waals surface area contributed by atoms with Gasteiger partial charge in [0.25, 0.3) is 5.91 Å². The monoisotopic (exact) mass is 568 g/mol. The Labute approximate surface area is 242 Å². The maximum absolute atomic E-state index is 13.8. The van der Waals surface area contributed by atoms with E-state index in [2.05, 4.69) is 26.1 Å². The molecule has 0 spiro atoms. The first-order valence-electron chi connectivity index (χ1n) is 13.3. The molecule has 0 aromatic heterocycles. The Morgan fingerprint density at radius 2 is 1.54 bits per heavy atom. The minimum atomic E-state index is -0.798. The lowest BCUT2D eigenvalue weighted by Crippen LogP contribution is -2.53. The summed E-state index contributed by atoms with van der Waals surface area (Å²) in [6.07, 6.45) is 1.10. The standard InChI is InChI=1S/C32H38Cl2N2O3/c1-6-22(2)35-31(38)29(19-23-11-8-7-9-12-23)36(20-26-27(33)13-10-14-28(26)34)30(37)21-39-25-17-15-24(16-18-25)32(3,4)5/h7-18,22,29H,6,19-21H2,1-5H3,(H,35,38)/t22-,29-/m0/s1. The molecule has 2 amide bonds. The zero-order valence-electron chi connectivity index (χ0n) is 23.3. The molecule has 7 heteroatoms. The van der Waals surface area contributed by atoms with Crippen molar-refractivity contribution >= 4 is 35.0 Å². The fourth-order valence-corrected chi connectivity index (χ4v) is 4.64. The van der Waals surface area contributed by atoms with Gasteiger partial charge in [0.15, 0.2) is 6.61 Å². The molecule has 0 fully saturated rings. The van der Waals surface area contributed by atoms with Crippen molar-refractivity contribution in [2.24, 2.45) is 0 Å². The molecule has 0 aliphatic heterocycles. The zero-order valence-corrected chi connectivity index (χ0v) is 24.9. The Balaban J connectivity index is 1.93. The maximum atomic E-state index is 13.8. The summed E-state index contributed by atoms with van der Waals surface area (Å²) in [6, 6.07) is 21.7. The van der Waals surface area contributed by atoms with Gasteiger partial charge in [0.05, 0.1) is 0 Å². The van der Waals surface area contributed by atoms with Crippen LogP contribution in [0.25, 0.3) is 0 Å². The van der Waals surface area contributed by atoms with Gasteiger partial charge in [-0.1, -0.05) is 99.4 Å². The summed E-state index contributed by atoms with van der Waals surface area (Å²) in [5.41, 5.74) is 2.69. The average molecular weight is 570 g/mol. The molecule has 5 nitrogen and oxygen atoms in total. The fourth-order valence-electron chi connectivity index (χ4n) is 4.13. The fraction of sp³-hybridized carbons (Fsp3) is 0.375. The normalized spacial score (nSPS) is 12.9. The van der Waals surface area contributed by atoms with Gasteiger partial charge in [-0.2, -0.15) is 0 Å². The van der Waals surface area contributed by atoms with Crippen LogP contribution in [0.3, 0.4) is 0 Å². The van der Waals surface area contributed by atoms with Crippen LogP contribution in [-0.2, 0) is 28.0 Å². The second-order valence-corrected chi connectivity index (χ2v) is 11.6. The van der Waals surface area contributed by atoms with Crippen LogP contribution in [0.5, 0.6) is 5.75 Å². The number of amides is 2. The highest BCUT2D eigenvalue weighted by molar-refractivity contribution is 6.36. The molecule has 1 N–H and O–H groups in total. The summed E-state index contributed by atoms with van der Waals surface area (Å²) in [6.45, 7) is 10.2. The molecule has 2 atom stereocenters. The molecule has 208 valence electrons. The number of nitrogens with one attached hydrogen (secondary N) is 1. The number of carbonyl (C=O) groups is 2. The molecule has 0 radical (unpaired) electrons. The van der Waals surface area contributed by atoms with Crippen LogP contribution in [0, 0.1) is 0 Å². The third-order valence-corrected chi connectivity index (χ3v) is 7.45. The quantitative estimate of drug-likeness (QED) is 0.265. The van der Waals surface area contributed by atoms with Gasteiger partial charge in [-0.3, -0.25) is 9.59 Å². The van der Waals surface area contributed by atoms with Crippen molar-refractivity contribution in [3.05, 3.63) is 99.5 Å². The first-order chi connectivity index (χ1) is 18.5. The van der Waals surface area contributed by atoms with Gasteiger partial charge in [-0.15, -0.1) is 0 Å². The zero-order chi connectivity index (χ0) is 28.6. The van der Waals surface area contributed by atoms with Crippen LogP contribution < -0.4 is 10.1 Å². The molecule has 0 aliphatic rings. The summed E-state index contributed by atoms with van der Waals surface area (Å²) >= 11 is 13.0. The Kier molecular flexibility index (Phi) is 10.8. The van der Waals surface area contributed by atoms with Gasteiger partial charge in [0, 0.05) is 34.6 Å². The topological polar surface area (TPSA) is 58.6 Å². The molecule has 3 aromatic carbocycles. The predicted molar refractivity (Wildman–Crippen MR) is 159 cm³/mol. The Bertz CT molecular complexity index is 1220. The van der Waals surface area contributed by atoms with Crippen LogP contribution in [-0.4, -0.2) is 35.4 Å². The molecule has 0 saturated heterocycles. The van der Waals surface area contributed by atoms with E-state index in [1.807, 2.05) is 68.4 Å². The van der Waals surface area contributed by atoms with E-state index in [1.165, 1.54) is 10.5 Å². The minimum absolute atomic E-state index is 0.00696. The highest BCUT2D eigenvalue weighted by atomic mass is 35.5. The second kappa shape index (κ2) is 13.9. The van der Waals surface area contributed by atoms with Crippen molar-refractivity contribution in [1.82, 2.24) is 10.2 Å². The first kappa shape index (κ1) is 30.5. The number of ether oxygens (including phenoxy) is 1. The lowest BCUT2D eigenvalue weighted by Gasteiger charge is -2.32. The average Bonchev–Trinajstić information content (AvgIpc) is 2.90. The van der Waals surface area contributed by atoms with E-state index in [4.69, 9.17) is 27.9 Å². The van der Waals surface area contributed by atoms with E-state index in [9.17, 15) is 9.59 Å². The van der Waals surface area contributed by atoms with Gasteiger partial charge < -0.3 is 15.0 Å². The van der Waals surface area contributed by atoms with E-state index < -0.39 is 6.04 Å². The number of halogens is 2. The number of hydrogen-bond donors (Lipinski definition) is 1. The predicted octanol–water partition coefficient (Wildman–Crippen LogP) is 7.22. The lowest BCUT2D eigenvalue weighted by atomic mass is 9.87. The number of nitrogens with zero attached hydrogens (tertiary/aromatic N) is 1. The Morgan fingerprint density at radius 1 is 0.923 bits per heavy atom. The molecule has 3 aromatic rings. The molecule has 0 bridgehead atoms. The second-order valence-electron chi connectivity index (χ2n) is 10.8. The van der Waals surface area contributed by atoms with Crippen LogP contribution in [0.4, 0.5) is 0 Å². The summed E-state index contributed by atoms with van der Waals surface area (Å²) in [5.74, 6) is 0.00104. The van der Waals surface area contributed by atoms with Gasteiger partial charge in [0.1, 0.15) is 11.8 Å². The van der Waals surface area contributed by atoms with E-state index in [-0.39, 0.29) is 36.4 Å². The SMILES string of the molecule is CC[C@H](C)NC(=O)[C@H](Cc1ccccc1)N(Cc1c(Cl)cccc1Cl)C(=O)COc1ccc(C(C)(C)C)cc1. The number of rotatable bonds is 11. The minimum Gasteiger partial charge on any atom is -0.484 e. The highest BCUT2D eigenvalue weighted by Gasteiger charge is 2.32. The van der Waals surface area contributed by atoms with E-state index in [0.717, 1.165) is 12.0 Å². The Hall–Kier alpha value is -3.02. The maximum Gasteiger partial charge on any atom is 0.261 e. The smallest absolute Gasteiger partial charge is 0.261 e. The van der Waals surface area contributed by atoms with E-state index >= 15 is 0 Å². The van der Waals surface area contributed by atoms with Crippen LogP contribution in [0.2, 0.25) is 10.0 Å². The largest absolute Gasteiger partial charge is 0.484 e. The number of benzene rings is 3. The molecule has 0 saturated carbocycles. The van der Waals surface area contributed by atoms with Gasteiger partial charge in [-0.25, -0.2) is 0 Å². The summed E-state index contributed by atoms with van der Waals surface area (Å²) in [5, 5.41) is 3.92. The molecular weight excluding hydrogens is 531 g/mol. The molecule has 3 rings (SSSR count). The van der Waals surface area contributed by atoms with Crippen molar-refractivity contribution in [2.75, 3.05) is 6.61 Å². The summed E-state index contributed by atoms with van der Waals surface area (Å²) in [7, 11) is 0. The summed E-state index contributed by atoms with van der Waals surface area (Å²) < 4.78 is 5.91. The number of carbonyl (C=O) groups excluding carboxylic acids is 2. The van der Waals surface area contributed by atoms with Crippen molar-refractivity contribution in [3.8, 4) is 5.75 Å². The molecule has 39 heavy (non-hydrogen) atoms. The Morgan fingerprint density at radius 3 is 2.10 bits per heavy atom. The van der Waals surface area contributed by atoms with Gasteiger partial charge in [0.2, 0.25) is 5.91 Å². The lowest BCUT2D eigenvalue weighted by molar-refractivity contribution is -0.143. The van der Waals surface area contributed by atoms with Crippen LogP contribution in [0.1, 0.15) is 57.7 Å². The van der Waals surface area contributed by atoms with Crippen molar-refractivity contribution < 1.29 is 14.3 Å². The molecular formula is C32H38Cl2N2O3. The van der Waals surface area contributed by atoms with Crippen LogP contribution >= 0.6 is 23.2 Å². The molecule has 0 unspecified atom stereocenters. The first-order valence-corrected chi connectivity index (χ1v) is 14.0.